The fourth-order valence-electron chi connectivity index (χ4n) is 7.62. The Morgan fingerprint density at radius 2 is 1.07 bits per heavy atom. The third kappa shape index (κ3) is 12.3. The zero-order valence-corrected chi connectivity index (χ0v) is 39.3. The summed E-state index contributed by atoms with van der Waals surface area (Å²) in [6.07, 6.45) is 2.87. The van der Waals surface area contributed by atoms with Crippen molar-refractivity contribution in [2.45, 2.75) is 139 Å². The van der Waals surface area contributed by atoms with Crippen LogP contribution in [0.3, 0.4) is 0 Å². The van der Waals surface area contributed by atoms with Crippen LogP contribution in [0.4, 0.5) is 0 Å². The first-order valence-electron chi connectivity index (χ1n) is 20.8. The topological polar surface area (TPSA) is 211 Å². The molecule has 15 heteroatoms. The van der Waals surface area contributed by atoms with Crippen LogP contribution < -0.4 is 16.0 Å². The van der Waals surface area contributed by atoms with Gasteiger partial charge in [0.15, 0.2) is 0 Å². The molecule has 0 aliphatic rings. The lowest BCUT2D eigenvalue weighted by atomic mass is 9.76. The van der Waals surface area contributed by atoms with E-state index < -0.39 is 88.2 Å². The van der Waals surface area contributed by atoms with E-state index in [-0.39, 0.29) is 23.0 Å². The maximum Gasteiger partial charge on any atom is 0.331 e. The molecule has 6 atom stereocenters. The van der Waals surface area contributed by atoms with Crippen molar-refractivity contribution in [1.29, 1.82) is 0 Å². The molecule has 340 valence electrons. The number of nitrogens with one attached hydrogen (secondary N) is 3. The molecule has 0 bridgehead atoms. The van der Waals surface area contributed by atoms with Crippen LogP contribution in [-0.2, 0) is 34.2 Å². The van der Waals surface area contributed by atoms with Crippen molar-refractivity contribution in [3.63, 3.8) is 0 Å². The average Bonchev–Trinajstić information content (AvgIpc) is 3.55. The number of fused-ring (bicyclic) bond motifs is 1. The molecule has 0 fully saturated rings. The van der Waals surface area contributed by atoms with Crippen molar-refractivity contribution >= 4 is 46.5 Å². The number of carboxylic acids is 2. The highest BCUT2D eigenvalue weighted by Crippen LogP contribution is 2.37. The van der Waals surface area contributed by atoms with Crippen LogP contribution in [0.1, 0.15) is 109 Å². The Morgan fingerprint density at radius 1 is 0.672 bits per heavy atom. The number of aliphatic hydroxyl groups is 1. The van der Waals surface area contributed by atoms with E-state index in [0.29, 0.717) is 16.5 Å². The number of carboxylic acid groups (broad SMARTS) is 2. The first-order chi connectivity index (χ1) is 27.8. The maximum absolute atomic E-state index is 14.4. The number of likely N-dealkylation sites (N-methyl/N-ethyl adjacent to an activating group) is 3. The smallest absolute Gasteiger partial charge is 0.331 e. The molecule has 0 spiro atoms. The van der Waals surface area contributed by atoms with Gasteiger partial charge in [0.2, 0.25) is 23.9 Å². The van der Waals surface area contributed by atoms with Crippen molar-refractivity contribution < 1.29 is 44.1 Å². The average molecular weight is 853 g/mol. The summed E-state index contributed by atoms with van der Waals surface area (Å²) in [7, 11) is 4.79. The molecule has 6 N–H and O–H groups in total. The largest absolute Gasteiger partial charge is 0.478 e. The molecule has 1 aromatic heterocycles. The molecule has 1 unspecified atom stereocenters. The van der Waals surface area contributed by atoms with Gasteiger partial charge in [0.25, 0.3) is 5.91 Å². The SMILES string of the molecule is CN[C@H](C(=O)N[C@H](C(=O)N(C)[C@H](/C=C(\C)C(=O)O)C(C)C)C(C)(C)C)C(C)(C)c1cn(C(O)C(=O)N[C@@H](C(=O)N(C)[C@H](/C=C(\C)C(=O)O)C(C)C)C(C)(C)C)c2ccccc12. The predicted molar refractivity (Wildman–Crippen MR) is 237 cm³/mol. The van der Waals surface area contributed by atoms with E-state index in [9.17, 15) is 44.1 Å². The zero-order chi connectivity index (χ0) is 47.3. The number of hydrogen-bond acceptors (Lipinski definition) is 8. The van der Waals surface area contributed by atoms with Gasteiger partial charge >= 0.3 is 11.9 Å². The van der Waals surface area contributed by atoms with Crippen molar-refractivity contribution in [1.82, 2.24) is 30.3 Å². The molecule has 2 aromatic rings. The molecule has 0 aliphatic heterocycles. The van der Waals surface area contributed by atoms with Crippen LogP contribution in [0.2, 0.25) is 0 Å². The Kier molecular flexibility index (Phi) is 17.3. The lowest BCUT2D eigenvalue weighted by Gasteiger charge is -2.39. The molecule has 2 rings (SSSR count). The molecule has 0 saturated carbocycles. The highest BCUT2D eigenvalue weighted by molar-refractivity contribution is 5.94. The number of aliphatic hydroxyl groups excluding tert-OH is 1. The highest BCUT2D eigenvalue weighted by atomic mass is 16.4. The van der Waals surface area contributed by atoms with Gasteiger partial charge in [-0.3, -0.25) is 19.2 Å². The van der Waals surface area contributed by atoms with Crippen LogP contribution in [0.25, 0.3) is 10.9 Å². The number of carbonyl (C=O) groups excluding carboxylic acids is 4. The molecule has 0 aliphatic carbocycles. The second-order valence-corrected chi connectivity index (χ2v) is 19.6. The van der Waals surface area contributed by atoms with Gasteiger partial charge in [-0.2, -0.15) is 0 Å². The van der Waals surface area contributed by atoms with Crippen LogP contribution in [0, 0.1) is 22.7 Å². The number of benzene rings is 1. The van der Waals surface area contributed by atoms with Gasteiger partial charge in [0.05, 0.1) is 23.6 Å². The number of amides is 4. The summed E-state index contributed by atoms with van der Waals surface area (Å²) in [6, 6.07) is 2.91. The predicted octanol–water partition coefficient (Wildman–Crippen LogP) is 5.09. The van der Waals surface area contributed by atoms with E-state index in [1.165, 1.54) is 34.3 Å². The first-order valence-corrected chi connectivity index (χ1v) is 20.8. The summed E-state index contributed by atoms with van der Waals surface area (Å²) >= 11 is 0. The quantitative estimate of drug-likeness (QED) is 0.110. The van der Waals surface area contributed by atoms with Crippen molar-refractivity contribution in [3.05, 3.63) is 59.3 Å². The summed E-state index contributed by atoms with van der Waals surface area (Å²) in [5.74, 6) is -4.67. The number of hydrogen-bond donors (Lipinski definition) is 6. The molecule has 0 saturated heterocycles. The molecule has 4 amide bonds. The monoisotopic (exact) mass is 853 g/mol. The third-order valence-electron chi connectivity index (χ3n) is 11.5. The highest BCUT2D eigenvalue weighted by Gasteiger charge is 2.44. The summed E-state index contributed by atoms with van der Waals surface area (Å²) < 4.78 is 1.39. The van der Waals surface area contributed by atoms with Gasteiger partial charge in [0, 0.05) is 42.2 Å². The summed E-state index contributed by atoms with van der Waals surface area (Å²) in [4.78, 5) is 83.0. The number of aliphatic carboxylic acids is 2. The normalized spacial score (nSPS) is 16.1. The Balaban J connectivity index is 2.59. The van der Waals surface area contributed by atoms with Crippen molar-refractivity contribution in [3.8, 4) is 0 Å². The van der Waals surface area contributed by atoms with E-state index in [4.69, 9.17) is 0 Å². The molecule has 1 heterocycles. The van der Waals surface area contributed by atoms with Gasteiger partial charge in [-0.05, 0) is 55.2 Å². The van der Waals surface area contributed by atoms with E-state index in [2.05, 4.69) is 16.0 Å². The zero-order valence-electron chi connectivity index (χ0n) is 39.3. The molecular formula is C46H72N6O9. The van der Waals surface area contributed by atoms with E-state index >= 15 is 0 Å². The summed E-state index contributed by atoms with van der Waals surface area (Å²) in [5, 5.41) is 40.4. The lowest BCUT2D eigenvalue weighted by molar-refractivity contribution is -0.144. The fourth-order valence-corrected chi connectivity index (χ4v) is 7.62. The van der Waals surface area contributed by atoms with Gasteiger partial charge in [0.1, 0.15) is 12.1 Å². The molecule has 0 radical (unpaired) electrons. The first kappa shape index (κ1) is 52.1. The number of nitrogens with zero attached hydrogens (tertiary/aromatic N) is 3. The van der Waals surface area contributed by atoms with Crippen LogP contribution in [-0.4, -0.2) is 117 Å². The molecule has 15 nitrogen and oxygen atoms in total. The number of para-hydroxylation sites is 1. The van der Waals surface area contributed by atoms with Crippen LogP contribution in [0.5, 0.6) is 0 Å². The Bertz CT molecular complexity index is 2000. The summed E-state index contributed by atoms with van der Waals surface area (Å²) in [6.45, 7) is 25.0. The minimum absolute atomic E-state index is 0.0777. The van der Waals surface area contributed by atoms with E-state index in [0.717, 1.165) is 0 Å². The lowest BCUT2D eigenvalue weighted by Crippen LogP contribution is -2.61. The molecular weight excluding hydrogens is 781 g/mol. The number of carbonyl (C=O) groups is 6. The minimum Gasteiger partial charge on any atom is -0.478 e. The standard InChI is InChI=1S/C46H72N6O9/c1-25(2)32(22-27(5)42(58)59)50(16)39(55)35(44(7,8)9)48-37(53)34(47-15)46(13,14)30-24-52(31-21-19-18-20-29(30)31)41(57)38(54)49-36(45(10,11)12)40(56)51(17)33(26(3)4)23-28(6)43(60)61/h18-26,32-36,41,47,57H,1-17H3,(H,48,53)(H,49,54)(H,58,59)(H,60,61)/b27-22+,28-23+/t32-,33-,34-,35-,36+,41?/m1/s1. The van der Waals surface area contributed by atoms with Crippen molar-refractivity contribution in [2.24, 2.45) is 22.7 Å². The van der Waals surface area contributed by atoms with Gasteiger partial charge < -0.3 is 45.6 Å². The Labute approximate surface area is 362 Å². The Hall–Kier alpha value is -5.02. The summed E-state index contributed by atoms with van der Waals surface area (Å²) in [5.41, 5.74) is -1.33. The second-order valence-electron chi connectivity index (χ2n) is 19.6. The van der Waals surface area contributed by atoms with Gasteiger partial charge in [-0.1, -0.05) is 113 Å². The maximum atomic E-state index is 14.4. The van der Waals surface area contributed by atoms with E-state index in [1.807, 2.05) is 68.4 Å². The van der Waals surface area contributed by atoms with Crippen LogP contribution >= 0.6 is 0 Å². The minimum atomic E-state index is -1.81. The van der Waals surface area contributed by atoms with Gasteiger partial charge in [-0.25, -0.2) is 9.59 Å². The fraction of sp³-hybridized carbons (Fsp3) is 0.609. The second kappa shape index (κ2) is 20.2. The van der Waals surface area contributed by atoms with E-state index in [1.54, 1.807) is 72.4 Å². The number of rotatable bonds is 18. The number of aromatic nitrogens is 1. The van der Waals surface area contributed by atoms with Crippen LogP contribution in [0.15, 0.2) is 53.8 Å². The molecule has 61 heavy (non-hydrogen) atoms. The van der Waals surface area contributed by atoms with Gasteiger partial charge in [-0.15, -0.1) is 0 Å². The third-order valence-corrected chi connectivity index (χ3v) is 11.5. The molecule has 1 aromatic carbocycles. The Morgan fingerprint density at radius 3 is 1.43 bits per heavy atom. The van der Waals surface area contributed by atoms with Crippen molar-refractivity contribution in [2.75, 3.05) is 21.1 Å².